The number of rotatable bonds is 6. The van der Waals surface area contributed by atoms with Crippen LogP contribution in [0.5, 0.6) is 11.5 Å². The van der Waals surface area contributed by atoms with Crippen LogP contribution in [-0.2, 0) is 0 Å². The van der Waals surface area contributed by atoms with E-state index >= 15 is 0 Å². The number of ether oxygens (including phenoxy) is 2. The number of benzene rings is 2. The summed E-state index contributed by atoms with van der Waals surface area (Å²) in [4.78, 5) is 0. The van der Waals surface area contributed by atoms with Crippen molar-refractivity contribution in [1.29, 1.82) is 0 Å². The van der Waals surface area contributed by atoms with E-state index in [4.69, 9.17) is 9.47 Å². The fourth-order valence-corrected chi connectivity index (χ4v) is 3.11. The quantitative estimate of drug-likeness (QED) is 0.738. The average Bonchev–Trinajstić information content (AvgIpc) is 3.13. The Bertz CT molecular complexity index is 663. The van der Waals surface area contributed by atoms with Crippen molar-refractivity contribution >= 4 is 17.8 Å². The van der Waals surface area contributed by atoms with Crippen LogP contribution in [0.1, 0.15) is 36.8 Å². The molecule has 0 aromatic heterocycles. The monoisotopic (exact) mass is 323 g/mol. The van der Waals surface area contributed by atoms with Gasteiger partial charge in [-0.25, -0.2) is 0 Å². The van der Waals surface area contributed by atoms with Gasteiger partial charge in [0.15, 0.2) is 0 Å². The molecule has 1 aliphatic rings. The maximum atomic E-state index is 5.31. The van der Waals surface area contributed by atoms with E-state index in [0.717, 1.165) is 17.1 Å². The van der Waals surface area contributed by atoms with Crippen molar-refractivity contribution in [1.82, 2.24) is 0 Å². The predicted octanol–water partition coefficient (Wildman–Crippen LogP) is 5.23. The van der Waals surface area contributed by atoms with Crippen LogP contribution in [0.2, 0.25) is 0 Å². The Morgan fingerprint density at radius 1 is 0.833 bits per heavy atom. The molecule has 1 fully saturated rings. The van der Waals surface area contributed by atoms with E-state index < -0.39 is 0 Å². The van der Waals surface area contributed by atoms with Crippen molar-refractivity contribution in [2.75, 3.05) is 19.5 Å². The Morgan fingerprint density at radius 3 is 2.00 bits per heavy atom. The van der Waals surface area contributed by atoms with E-state index in [1.165, 1.54) is 36.9 Å². The molecule has 24 heavy (non-hydrogen) atoms. The standard InChI is InChI=1S/C21H25NO2/c1-23-20-13-17(14-21(15-20)24-2)8-7-16-9-11-19(12-10-16)22-18-5-3-4-6-18/h7-15,18,22H,3-6H2,1-2H3/b8-7+. The van der Waals surface area contributed by atoms with Gasteiger partial charge >= 0.3 is 0 Å². The smallest absolute Gasteiger partial charge is 0.123 e. The summed E-state index contributed by atoms with van der Waals surface area (Å²) in [5.74, 6) is 1.59. The topological polar surface area (TPSA) is 30.5 Å². The highest BCUT2D eigenvalue weighted by atomic mass is 16.5. The lowest BCUT2D eigenvalue weighted by molar-refractivity contribution is 0.394. The van der Waals surface area contributed by atoms with E-state index in [0.29, 0.717) is 6.04 Å². The zero-order valence-corrected chi connectivity index (χ0v) is 14.4. The third-order valence-electron chi connectivity index (χ3n) is 4.48. The van der Waals surface area contributed by atoms with Crippen LogP contribution in [0.25, 0.3) is 12.2 Å². The van der Waals surface area contributed by atoms with Gasteiger partial charge in [-0.05, 0) is 48.2 Å². The molecule has 3 rings (SSSR count). The average molecular weight is 323 g/mol. The molecule has 0 unspecified atom stereocenters. The Balaban J connectivity index is 1.67. The van der Waals surface area contributed by atoms with E-state index in [9.17, 15) is 0 Å². The van der Waals surface area contributed by atoms with E-state index in [2.05, 4.69) is 41.7 Å². The van der Waals surface area contributed by atoms with Crippen LogP contribution in [-0.4, -0.2) is 20.3 Å². The molecule has 3 heteroatoms. The number of nitrogens with one attached hydrogen (secondary N) is 1. The summed E-state index contributed by atoms with van der Waals surface area (Å²) in [6.45, 7) is 0. The first-order valence-corrected chi connectivity index (χ1v) is 8.54. The lowest BCUT2D eigenvalue weighted by Crippen LogP contribution is -2.14. The molecule has 126 valence electrons. The van der Waals surface area contributed by atoms with Crippen molar-refractivity contribution in [3.05, 3.63) is 53.6 Å². The lowest BCUT2D eigenvalue weighted by Gasteiger charge is -2.13. The zero-order valence-electron chi connectivity index (χ0n) is 14.4. The predicted molar refractivity (Wildman–Crippen MR) is 101 cm³/mol. The summed E-state index contributed by atoms with van der Waals surface area (Å²) in [6, 6.07) is 15.1. The van der Waals surface area contributed by atoms with Gasteiger partial charge in [-0.1, -0.05) is 37.1 Å². The Hall–Kier alpha value is -2.42. The molecule has 3 nitrogen and oxygen atoms in total. The fraction of sp³-hybridized carbons (Fsp3) is 0.333. The molecule has 1 saturated carbocycles. The number of hydrogen-bond acceptors (Lipinski definition) is 3. The van der Waals surface area contributed by atoms with Crippen LogP contribution in [0.3, 0.4) is 0 Å². The third-order valence-corrected chi connectivity index (χ3v) is 4.48. The van der Waals surface area contributed by atoms with Crippen LogP contribution < -0.4 is 14.8 Å². The summed E-state index contributed by atoms with van der Waals surface area (Å²) >= 11 is 0. The van der Waals surface area contributed by atoms with Gasteiger partial charge in [0.1, 0.15) is 11.5 Å². The maximum Gasteiger partial charge on any atom is 0.123 e. The summed E-state index contributed by atoms with van der Waals surface area (Å²) in [5, 5.41) is 3.61. The molecule has 0 heterocycles. The van der Waals surface area contributed by atoms with Crippen molar-refractivity contribution in [3.63, 3.8) is 0 Å². The molecule has 0 atom stereocenters. The Labute approximate surface area is 144 Å². The molecule has 2 aromatic carbocycles. The molecule has 2 aromatic rings. The lowest BCUT2D eigenvalue weighted by atomic mass is 10.1. The van der Waals surface area contributed by atoms with Gasteiger partial charge in [-0.2, -0.15) is 0 Å². The first-order valence-electron chi connectivity index (χ1n) is 8.54. The first kappa shape index (κ1) is 16.4. The van der Waals surface area contributed by atoms with Crippen molar-refractivity contribution in [2.24, 2.45) is 0 Å². The van der Waals surface area contributed by atoms with E-state index in [-0.39, 0.29) is 0 Å². The minimum atomic E-state index is 0.649. The summed E-state index contributed by atoms with van der Waals surface area (Å²) in [7, 11) is 3.33. The highest BCUT2D eigenvalue weighted by molar-refractivity contribution is 5.71. The van der Waals surface area contributed by atoms with Gasteiger partial charge in [0.25, 0.3) is 0 Å². The highest BCUT2D eigenvalue weighted by Gasteiger charge is 2.13. The van der Waals surface area contributed by atoms with Crippen LogP contribution in [0.4, 0.5) is 5.69 Å². The van der Waals surface area contributed by atoms with Gasteiger partial charge in [0.05, 0.1) is 14.2 Å². The zero-order chi connectivity index (χ0) is 16.8. The minimum Gasteiger partial charge on any atom is -0.497 e. The second-order valence-electron chi connectivity index (χ2n) is 6.23. The summed E-state index contributed by atoms with van der Waals surface area (Å²) < 4.78 is 10.6. The highest BCUT2D eigenvalue weighted by Crippen LogP contribution is 2.25. The van der Waals surface area contributed by atoms with E-state index in [1.54, 1.807) is 14.2 Å². The summed E-state index contributed by atoms with van der Waals surface area (Å²) in [5.41, 5.74) is 3.44. The van der Waals surface area contributed by atoms with Gasteiger partial charge in [0.2, 0.25) is 0 Å². The van der Waals surface area contributed by atoms with E-state index in [1.807, 2.05) is 18.2 Å². The number of anilines is 1. The number of hydrogen-bond donors (Lipinski definition) is 1. The molecule has 0 amide bonds. The van der Waals surface area contributed by atoms with Crippen molar-refractivity contribution < 1.29 is 9.47 Å². The second-order valence-corrected chi connectivity index (χ2v) is 6.23. The normalized spacial score (nSPS) is 14.9. The van der Waals surface area contributed by atoms with Crippen LogP contribution in [0.15, 0.2) is 42.5 Å². The molecule has 0 saturated heterocycles. The van der Waals surface area contributed by atoms with Gasteiger partial charge in [-0.15, -0.1) is 0 Å². The molecule has 0 bridgehead atoms. The molecule has 1 aliphatic carbocycles. The number of methoxy groups -OCH3 is 2. The largest absolute Gasteiger partial charge is 0.497 e. The molecule has 0 aliphatic heterocycles. The Morgan fingerprint density at radius 2 is 1.42 bits per heavy atom. The summed E-state index contributed by atoms with van der Waals surface area (Å²) in [6.07, 6.45) is 9.46. The first-order chi connectivity index (χ1) is 11.8. The fourth-order valence-electron chi connectivity index (χ4n) is 3.11. The van der Waals surface area contributed by atoms with Crippen molar-refractivity contribution in [3.8, 4) is 11.5 Å². The second kappa shape index (κ2) is 7.91. The van der Waals surface area contributed by atoms with Crippen molar-refractivity contribution in [2.45, 2.75) is 31.7 Å². The molecule has 1 N–H and O–H groups in total. The molecule has 0 spiro atoms. The third kappa shape index (κ3) is 4.31. The van der Waals surface area contributed by atoms with Gasteiger partial charge in [-0.3, -0.25) is 0 Å². The molecular weight excluding hydrogens is 298 g/mol. The SMILES string of the molecule is COc1cc(/C=C/c2ccc(NC3CCCC3)cc2)cc(OC)c1. The molecule has 0 radical (unpaired) electrons. The van der Waals surface area contributed by atoms with Crippen LogP contribution in [0, 0.1) is 0 Å². The maximum absolute atomic E-state index is 5.31. The van der Waals surface area contributed by atoms with Gasteiger partial charge < -0.3 is 14.8 Å². The van der Waals surface area contributed by atoms with Crippen LogP contribution >= 0.6 is 0 Å². The minimum absolute atomic E-state index is 0.649. The Kier molecular flexibility index (Phi) is 5.42. The molecular formula is C21H25NO2. The van der Waals surface area contributed by atoms with Gasteiger partial charge in [0, 0.05) is 17.8 Å².